The van der Waals surface area contributed by atoms with Gasteiger partial charge in [-0.05, 0) is 44.0 Å². The van der Waals surface area contributed by atoms with Gasteiger partial charge in [-0.3, -0.25) is 4.79 Å². The maximum Gasteiger partial charge on any atom is 0.379 e. The summed E-state index contributed by atoms with van der Waals surface area (Å²) < 4.78 is 10.1. The molecule has 6 nitrogen and oxygen atoms in total. The molecule has 1 N–H and O–H groups in total. The third kappa shape index (κ3) is 2.79. The summed E-state index contributed by atoms with van der Waals surface area (Å²) in [5.74, 6) is -1.60. The molecule has 0 fully saturated rings. The SMILES string of the molecule is CC(=O)c1cc(C)c(C)c2cc(OCC(=O)O)c(=O)oc12. The average molecular weight is 290 g/mol. The molecule has 2 aromatic rings. The fraction of sp³-hybridized carbons (Fsp3) is 0.267. The van der Waals surface area contributed by atoms with E-state index in [1.165, 1.54) is 13.0 Å². The number of carbonyl (C=O) groups is 2. The number of hydrogen-bond donors (Lipinski definition) is 1. The van der Waals surface area contributed by atoms with Crippen molar-refractivity contribution in [2.45, 2.75) is 20.8 Å². The van der Waals surface area contributed by atoms with Crippen LogP contribution in [-0.2, 0) is 4.79 Å². The number of aliphatic carboxylic acids is 1. The van der Waals surface area contributed by atoms with Crippen LogP contribution in [0.25, 0.3) is 11.0 Å². The molecule has 0 unspecified atom stereocenters. The standard InChI is InChI=1S/C15H14O6/c1-7-4-11(9(3)16)14-10(8(7)2)5-12(15(19)21-14)20-6-13(17)18/h4-5H,6H2,1-3H3,(H,17,18). The number of rotatable bonds is 4. The van der Waals surface area contributed by atoms with Crippen LogP contribution in [0.2, 0.25) is 0 Å². The minimum Gasteiger partial charge on any atom is -0.479 e. The first-order valence-electron chi connectivity index (χ1n) is 6.25. The summed E-state index contributed by atoms with van der Waals surface area (Å²) in [5, 5.41) is 9.15. The molecule has 0 spiro atoms. The van der Waals surface area contributed by atoms with E-state index in [1.807, 2.05) is 13.8 Å². The van der Waals surface area contributed by atoms with Crippen LogP contribution in [0.5, 0.6) is 5.75 Å². The largest absolute Gasteiger partial charge is 0.479 e. The molecule has 0 saturated carbocycles. The van der Waals surface area contributed by atoms with Gasteiger partial charge in [-0.15, -0.1) is 0 Å². The number of benzene rings is 1. The summed E-state index contributed by atoms with van der Waals surface area (Å²) in [7, 11) is 0. The Bertz CT molecular complexity index is 800. The molecule has 0 bridgehead atoms. The van der Waals surface area contributed by atoms with E-state index in [-0.39, 0.29) is 17.1 Å². The number of ether oxygens (including phenoxy) is 1. The van der Waals surface area contributed by atoms with Crippen LogP contribution in [0.1, 0.15) is 28.4 Å². The summed E-state index contributed by atoms with van der Waals surface area (Å²) in [6.07, 6.45) is 0. The molecule has 0 aliphatic rings. The van der Waals surface area contributed by atoms with Crippen molar-refractivity contribution in [3.63, 3.8) is 0 Å². The molecule has 110 valence electrons. The van der Waals surface area contributed by atoms with E-state index in [0.717, 1.165) is 11.1 Å². The van der Waals surface area contributed by atoms with Crippen LogP contribution >= 0.6 is 0 Å². The number of Topliss-reactive ketones (excluding diaryl/α,β-unsaturated/α-hetero) is 1. The van der Waals surface area contributed by atoms with Gasteiger partial charge in [0.2, 0.25) is 5.75 Å². The van der Waals surface area contributed by atoms with E-state index >= 15 is 0 Å². The maximum absolute atomic E-state index is 11.8. The van der Waals surface area contributed by atoms with E-state index in [1.54, 1.807) is 6.07 Å². The number of ketones is 1. The van der Waals surface area contributed by atoms with Crippen molar-refractivity contribution in [3.8, 4) is 5.75 Å². The molecule has 1 heterocycles. The number of carboxylic acids is 1. The van der Waals surface area contributed by atoms with E-state index in [4.69, 9.17) is 14.3 Å². The first-order valence-corrected chi connectivity index (χ1v) is 6.25. The highest BCUT2D eigenvalue weighted by Gasteiger charge is 2.16. The summed E-state index contributed by atoms with van der Waals surface area (Å²) in [5.41, 5.74) is 1.40. The molecule has 1 aromatic heterocycles. The van der Waals surface area contributed by atoms with E-state index in [2.05, 4.69) is 0 Å². The lowest BCUT2D eigenvalue weighted by molar-refractivity contribution is -0.139. The predicted molar refractivity (Wildman–Crippen MR) is 75.1 cm³/mol. The molecular weight excluding hydrogens is 276 g/mol. The van der Waals surface area contributed by atoms with E-state index in [0.29, 0.717) is 10.9 Å². The van der Waals surface area contributed by atoms with Crippen LogP contribution < -0.4 is 10.4 Å². The van der Waals surface area contributed by atoms with Crippen LogP contribution in [0.15, 0.2) is 21.3 Å². The van der Waals surface area contributed by atoms with Gasteiger partial charge in [-0.1, -0.05) is 0 Å². The van der Waals surface area contributed by atoms with Crippen molar-refractivity contribution < 1.29 is 23.8 Å². The Morgan fingerprint density at radius 2 is 1.95 bits per heavy atom. The van der Waals surface area contributed by atoms with Gasteiger partial charge in [0.1, 0.15) is 5.58 Å². The van der Waals surface area contributed by atoms with Crippen LogP contribution in [-0.4, -0.2) is 23.5 Å². The van der Waals surface area contributed by atoms with Crippen molar-refractivity contribution in [1.29, 1.82) is 0 Å². The third-order valence-electron chi connectivity index (χ3n) is 3.25. The fourth-order valence-electron chi connectivity index (χ4n) is 2.04. The maximum atomic E-state index is 11.8. The monoisotopic (exact) mass is 290 g/mol. The molecule has 0 atom stereocenters. The summed E-state index contributed by atoms with van der Waals surface area (Å²) in [6.45, 7) is 4.41. The van der Waals surface area contributed by atoms with Crippen molar-refractivity contribution in [2.75, 3.05) is 6.61 Å². The second-order valence-electron chi connectivity index (χ2n) is 4.75. The van der Waals surface area contributed by atoms with Gasteiger partial charge < -0.3 is 14.3 Å². The predicted octanol–water partition coefficient (Wildman–Crippen LogP) is 2.08. The molecule has 6 heteroatoms. The minimum absolute atomic E-state index is 0.187. The minimum atomic E-state index is -1.19. The van der Waals surface area contributed by atoms with Gasteiger partial charge in [0.15, 0.2) is 12.4 Å². The molecule has 21 heavy (non-hydrogen) atoms. The molecule has 0 radical (unpaired) electrons. The molecule has 0 aliphatic carbocycles. The van der Waals surface area contributed by atoms with Crippen molar-refractivity contribution in [3.05, 3.63) is 39.2 Å². The van der Waals surface area contributed by atoms with Crippen LogP contribution in [0, 0.1) is 13.8 Å². The average Bonchev–Trinajstić information content (AvgIpc) is 2.40. The Morgan fingerprint density at radius 3 is 2.52 bits per heavy atom. The number of aryl methyl sites for hydroxylation is 2. The summed E-state index contributed by atoms with van der Waals surface area (Å²) in [4.78, 5) is 34.0. The Morgan fingerprint density at radius 1 is 1.29 bits per heavy atom. The molecule has 2 rings (SSSR count). The highest BCUT2D eigenvalue weighted by Crippen LogP contribution is 2.27. The van der Waals surface area contributed by atoms with Crippen LogP contribution in [0.4, 0.5) is 0 Å². The first-order chi connectivity index (χ1) is 9.81. The smallest absolute Gasteiger partial charge is 0.379 e. The zero-order valence-corrected chi connectivity index (χ0v) is 11.9. The Balaban J connectivity index is 2.72. The fourth-order valence-corrected chi connectivity index (χ4v) is 2.04. The van der Waals surface area contributed by atoms with Crippen molar-refractivity contribution in [2.24, 2.45) is 0 Å². The first kappa shape index (κ1) is 14.8. The summed E-state index contributed by atoms with van der Waals surface area (Å²) in [6, 6.07) is 3.08. The number of hydrogen-bond acceptors (Lipinski definition) is 5. The molecule has 0 saturated heterocycles. The lowest BCUT2D eigenvalue weighted by Crippen LogP contribution is -2.15. The molecule has 0 amide bonds. The lowest BCUT2D eigenvalue weighted by atomic mass is 9.99. The molecule has 1 aromatic carbocycles. The second-order valence-corrected chi connectivity index (χ2v) is 4.75. The van der Waals surface area contributed by atoms with Gasteiger partial charge in [0.05, 0.1) is 5.56 Å². The van der Waals surface area contributed by atoms with Gasteiger partial charge in [-0.2, -0.15) is 0 Å². The van der Waals surface area contributed by atoms with Gasteiger partial charge >= 0.3 is 11.6 Å². The van der Waals surface area contributed by atoms with Gasteiger partial charge in [-0.25, -0.2) is 9.59 Å². The van der Waals surface area contributed by atoms with Gasteiger partial charge in [0.25, 0.3) is 0 Å². The van der Waals surface area contributed by atoms with Crippen molar-refractivity contribution >= 4 is 22.7 Å². The van der Waals surface area contributed by atoms with Crippen molar-refractivity contribution in [1.82, 2.24) is 0 Å². The quantitative estimate of drug-likeness (QED) is 0.684. The Labute approximate surface area is 119 Å². The highest BCUT2D eigenvalue weighted by atomic mass is 16.5. The van der Waals surface area contributed by atoms with Crippen LogP contribution in [0.3, 0.4) is 0 Å². The third-order valence-corrected chi connectivity index (χ3v) is 3.25. The number of carbonyl (C=O) groups excluding carboxylic acids is 1. The van der Waals surface area contributed by atoms with E-state index < -0.39 is 18.2 Å². The summed E-state index contributed by atoms with van der Waals surface area (Å²) >= 11 is 0. The Hall–Kier alpha value is -2.63. The molecule has 0 aliphatic heterocycles. The number of carboxylic acid groups (broad SMARTS) is 1. The lowest BCUT2D eigenvalue weighted by Gasteiger charge is -2.10. The topological polar surface area (TPSA) is 93.8 Å². The zero-order valence-electron chi connectivity index (χ0n) is 11.9. The zero-order chi connectivity index (χ0) is 15.7. The number of fused-ring (bicyclic) bond motifs is 1. The second kappa shape index (κ2) is 5.40. The van der Waals surface area contributed by atoms with Gasteiger partial charge in [0, 0.05) is 5.39 Å². The normalized spacial score (nSPS) is 10.6. The Kier molecular flexibility index (Phi) is 3.80. The van der Waals surface area contributed by atoms with E-state index in [9.17, 15) is 14.4 Å². The highest BCUT2D eigenvalue weighted by molar-refractivity contribution is 6.06. The molecular formula is C15H14O6.